The summed E-state index contributed by atoms with van der Waals surface area (Å²) < 4.78 is 0. The third-order valence-corrected chi connectivity index (χ3v) is 10.9. The largest absolute Gasteiger partial charge is 0.0616 e. The Kier molecular flexibility index (Phi) is 5.76. The molecular weight excluding hydrogens is 601 g/mol. The lowest BCUT2D eigenvalue weighted by molar-refractivity contribution is 1.61. The smallest absolute Gasteiger partial charge is 0.00134 e. The molecule has 0 saturated carbocycles. The molecule has 0 spiro atoms. The molecule has 0 heteroatoms. The van der Waals surface area contributed by atoms with Crippen LogP contribution >= 0.6 is 0 Å². The van der Waals surface area contributed by atoms with Gasteiger partial charge in [-0.3, -0.25) is 0 Å². The van der Waals surface area contributed by atoms with E-state index in [9.17, 15) is 0 Å². The van der Waals surface area contributed by atoms with Crippen molar-refractivity contribution in [3.05, 3.63) is 182 Å². The number of rotatable bonds is 3. The van der Waals surface area contributed by atoms with Gasteiger partial charge < -0.3 is 0 Å². The second kappa shape index (κ2) is 10.5. The fourth-order valence-corrected chi connectivity index (χ4v) is 8.53. The lowest BCUT2D eigenvalue weighted by atomic mass is 9.89. The molecule has 1 aliphatic carbocycles. The molecule has 0 radical (unpaired) electrons. The Morgan fingerprint density at radius 1 is 0.220 bits per heavy atom. The summed E-state index contributed by atoms with van der Waals surface area (Å²) in [5.74, 6) is 0. The molecule has 11 rings (SSSR count). The highest BCUT2D eigenvalue weighted by Gasteiger charge is 2.26. The maximum absolute atomic E-state index is 2.41. The minimum Gasteiger partial charge on any atom is -0.0616 e. The van der Waals surface area contributed by atoms with Crippen LogP contribution in [0.1, 0.15) is 0 Å². The van der Waals surface area contributed by atoms with E-state index in [1.54, 1.807) is 0 Å². The molecular formula is C50H30. The van der Waals surface area contributed by atoms with Crippen molar-refractivity contribution >= 4 is 53.9 Å². The van der Waals surface area contributed by atoms with E-state index in [-0.39, 0.29) is 0 Å². The second-order valence-corrected chi connectivity index (χ2v) is 13.7. The molecule has 230 valence electrons. The first-order chi connectivity index (χ1) is 24.8. The van der Waals surface area contributed by atoms with E-state index in [1.807, 2.05) is 0 Å². The zero-order chi connectivity index (χ0) is 32.8. The second-order valence-electron chi connectivity index (χ2n) is 13.7. The zero-order valence-electron chi connectivity index (χ0n) is 27.3. The summed E-state index contributed by atoms with van der Waals surface area (Å²) in [5, 5.41) is 12.9. The molecule has 0 saturated heterocycles. The molecule has 10 aromatic carbocycles. The van der Waals surface area contributed by atoms with Crippen LogP contribution in [0.5, 0.6) is 0 Å². The molecule has 0 unspecified atom stereocenters. The lowest BCUT2D eigenvalue weighted by Crippen LogP contribution is -1.87. The molecule has 0 N–H and O–H groups in total. The molecule has 0 heterocycles. The van der Waals surface area contributed by atoms with E-state index in [2.05, 4.69) is 182 Å². The maximum atomic E-state index is 2.41. The summed E-state index contributed by atoms with van der Waals surface area (Å²) in [7, 11) is 0. The highest BCUT2D eigenvalue weighted by Crippen LogP contribution is 2.53. The lowest BCUT2D eigenvalue weighted by Gasteiger charge is -2.14. The van der Waals surface area contributed by atoms with Crippen LogP contribution in [-0.4, -0.2) is 0 Å². The number of fused-ring (bicyclic) bond motifs is 9. The predicted octanol–water partition coefficient (Wildman–Crippen LogP) is 14.1. The Morgan fingerprint density at radius 3 is 1.56 bits per heavy atom. The summed E-state index contributed by atoms with van der Waals surface area (Å²) in [5.41, 5.74) is 12.8. The van der Waals surface area contributed by atoms with Crippen molar-refractivity contribution in [2.24, 2.45) is 0 Å². The van der Waals surface area contributed by atoms with Crippen molar-refractivity contribution in [2.75, 3.05) is 0 Å². The van der Waals surface area contributed by atoms with Crippen molar-refractivity contribution in [2.45, 2.75) is 0 Å². The van der Waals surface area contributed by atoms with Gasteiger partial charge in [0, 0.05) is 0 Å². The molecule has 50 heavy (non-hydrogen) atoms. The summed E-state index contributed by atoms with van der Waals surface area (Å²) >= 11 is 0. The van der Waals surface area contributed by atoms with Gasteiger partial charge in [0.05, 0.1) is 0 Å². The predicted molar refractivity (Wildman–Crippen MR) is 215 cm³/mol. The van der Waals surface area contributed by atoms with E-state index in [1.165, 1.54) is 109 Å². The minimum absolute atomic E-state index is 1.23. The van der Waals surface area contributed by atoms with Crippen molar-refractivity contribution in [3.63, 3.8) is 0 Å². The van der Waals surface area contributed by atoms with Gasteiger partial charge in [-0.15, -0.1) is 0 Å². The van der Waals surface area contributed by atoms with E-state index in [4.69, 9.17) is 0 Å². The van der Waals surface area contributed by atoms with E-state index >= 15 is 0 Å². The van der Waals surface area contributed by atoms with Gasteiger partial charge in [-0.25, -0.2) is 0 Å². The first kappa shape index (κ1) is 27.5. The average molecular weight is 631 g/mol. The van der Waals surface area contributed by atoms with Crippen LogP contribution in [0.25, 0.3) is 109 Å². The Bertz CT molecular complexity index is 3030. The third-order valence-electron chi connectivity index (χ3n) is 10.9. The fourth-order valence-electron chi connectivity index (χ4n) is 8.53. The normalized spacial score (nSPS) is 12.0. The van der Waals surface area contributed by atoms with E-state index in [0.29, 0.717) is 0 Å². The summed E-state index contributed by atoms with van der Waals surface area (Å²) in [6.07, 6.45) is 0. The fraction of sp³-hybridized carbons (Fsp3) is 0. The van der Waals surface area contributed by atoms with Gasteiger partial charge in [0.1, 0.15) is 0 Å². The summed E-state index contributed by atoms with van der Waals surface area (Å²) in [4.78, 5) is 0. The number of hydrogen-bond acceptors (Lipinski definition) is 0. The monoisotopic (exact) mass is 630 g/mol. The molecule has 0 amide bonds. The third kappa shape index (κ3) is 4.06. The van der Waals surface area contributed by atoms with Crippen LogP contribution in [-0.2, 0) is 0 Å². The van der Waals surface area contributed by atoms with Crippen LogP contribution in [0.15, 0.2) is 182 Å². The molecule has 10 aromatic rings. The highest BCUT2D eigenvalue weighted by molar-refractivity contribution is 6.29. The van der Waals surface area contributed by atoms with Gasteiger partial charge in [0.25, 0.3) is 0 Å². The van der Waals surface area contributed by atoms with E-state index < -0.39 is 0 Å². The minimum atomic E-state index is 1.23. The SMILES string of the molecule is c1cc(-c2ccc3ccccc3c2)cc(-c2ccc3ccc(-c4ccc5c6c(cc7ccccc7c46)-c4ccc6ccccc6c4-5)cc3c2)c1. The summed E-state index contributed by atoms with van der Waals surface area (Å²) in [6.45, 7) is 0. The topological polar surface area (TPSA) is 0 Å². The van der Waals surface area contributed by atoms with Crippen LogP contribution in [0.2, 0.25) is 0 Å². The van der Waals surface area contributed by atoms with E-state index in [0.717, 1.165) is 0 Å². The Labute approximate surface area is 290 Å². The average Bonchev–Trinajstić information content (AvgIpc) is 3.51. The Balaban J connectivity index is 1.08. The zero-order valence-corrected chi connectivity index (χ0v) is 27.3. The Hall–Kier alpha value is -6.50. The van der Waals surface area contributed by atoms with Gasteiger partial charge in [-0.2, -0.15) is 0 Å². The molecule has 0 atom stereocenters. The first-order valence-electron chi connectivity index (χ1n) is 17.4. The van der Waals surface area contributed by atoms with Crippen LogP contribution < -0.4 is 0 Å². The van der Waals surface area contributed by atoms with Crippen molar-refractivity contribution < 1.29 is 0 Å². The molecule has 0 aliphatic heterocycles. The van der Waals surface area contributed by atoms with Crippen LogP contribution in [0.4, 0.5) is 0 Å². The number of hydrogen-bond donors (Lipinski definition) is 0. The van der Waals surface area contributed by atoms with Crippen molar-refractivity contribution in [1.82, 2.24) is 0 Å². The highest BCUT2D eigenvalue weighted by atomic mass is 14.3. The summed E-state index contributed by atoms with van der Waals surface area (Å²) in [6, 6.07) is 67.6. The molecule has 0 nitrogen and oxygen atoms in total. The van der Waals surface area contributed by atoms with Crippen molar-refractivity contribution in [3.8, 4) is 55.6 Å². The Morgan fingerprint density at radius 2 is 0.760 bits per heavy atom. The maximum Gasteiger partial charge on any atom is -0.00134 e. The van der Waals surface area contributed by atoms with Crippen LogP contribution in [0.3, 0.4) is 0 Å². The van der Waals surface area contributed by atoms with Crippen molar-refractivity contribution in [1.29, 1.82) is 0 Å². The van der Waals surface area contributed by atoms with Gasteiger partial charge in [-0.05, 0) is 140 Å². The van der Waals surface area contributed by atoms with Gasteiger partial charge in [0.15, 0.2) is 0 Å². The quantitative estimate of drug-likeness (QED) is 0.170. The molecule has 0 aromatic heterocycles. The van der Waals surface area contributed by atoms with Crippen LogP contribution in [0, 0.1) is 0 Å². The molecule has 1 aliphatic rings. The first-order valence-corrected chi connectivity index (χ1v) is 17.4. The molecule has 0 bridgehead atoms. The van der Waals surface area contributed by atoms with Gasteiger partial charge >= 0.3 is 0 Å². The molecule has 0 fully saturated rings. The number of benzene rings is 10. The van der Waals surface area contributed by atoms with Gasteiger partial charge in [-0.1, -0.05) is 152 Å². The standard InChI is InChI=1S/C50H30/c1-2-10-34-26-37(19-16-31(34)8-1)35-12-7-13-36(27-35)38-20-17-32-18-21-40(29-41(32)28-38)44-24-25-46-48-42-14-5-3-9-33(42)22-23-45(48)47-30-39-11-4-6-15-43(39)49(44)50(46)47/h1-30H. The van der Waals surface area contributed by atoms with Gasteiger partial charge in [0.2, 0.25) is 0 Å².